The molecule has 0 fully saturated rings. The molecule has 0 aliphatic carbocycles. The van der Waals surface area contributed by atoms with Crippen LogP contribution in [0.1, 0.15) is 37.0 Å². The van der Waals surface area contributed by atoms with Gasteiger partial charge in [-0.05, 0) is 31.0 Å². The molecule has 104 valence electrons. The van der Waals surface area contributed by atoms with Crippen LogP contribution in [0.3, 0.4) is 0 Å². The van der Waals surface area contributed by atoms with Gasteiger partial charge < -0.3 is 15.5 Å². The van der Waals surface area contributed by atoms with Gasteiger partial charge in [0.15, 0.2) is 0 Å². The van der Waals surface area contributed by atoms with Crippen molar-refractivity contribution in [3.63, 3.8) is 0 Å². The number of aliphatic carboxylic acids is 1. The number of carbonyl (C=O) groups is 2. The first kappa shape index (κ1) is 15.3. The lowest BCUT2D eigenvalue weighted by Gasteiger charge is -2.28. The average molecular weight is 286 g/mol. The second-order valence-electron chi connectivity index (χ2n) is 4.21. The highest BCUT2D eigenvalue weighted by Crippen LogP contribution is 2.24. The number of carbonyl (C=O) groups excluding carboxylic acids is 1. The van der Waals surface area contributed by atoms with E-state index in [4.69, 9.17) is 11.6 Å². The standard InChI is InChI=1S/C13H16ClNO4/c1-3-13(4-2,12(18)19)15-11(17)8-5-6-10(16)9(14)7-8/h5-7,16H,3-4H2,1-2H3,(H,15,17)(H,18,19). The Labute approximate surface area is 116 Å². The van der Waals surface area contributed by atoms with E-state index in [1.807, 2.05) is 0 Å². The molecule has 0 atom stereocenters. The Morgan fingerprint density at radius 3 is 2.32 bits per heavy atom. The maximum absolute atomic E-state index is 12.0. The molecule has 0 aliphatic rings. The van der Waals surface area contributed by atoms with Crippen molar-refractivity contribution in [3.8, 4) is 5.75 Å². The maximum Gasteiger partial charge on any atom is 0.329 e. The topological polar surface area (TPSA) is 86.6 Å². The molecule has 0 saturated carbocycles. The molecule has 1 aromatic rings. The number of phenols is 1. The molecule has 6 heteroatoms. The van der Waals surface area contributed by atoms with Crippen LogP contribution in [0.25, 0.3) is 0 Å². The number of rotatable bonds is 5. The number of carboxylic acid groups (broad SMARTS) is 1. The summed E-state index contributed by atoms with van der Waals surface area (Å²) in [5.41, 5.74) is -1.09. The van der Waals surface area contributed by atoms with Crippen LogP contribution in [-0.4, -0.2) is 27.6 Å². The number of halogens is 1. The largest absolute Gasteiger partial charge is 0.506 e. The number of benzene rings is 1. The van der Waals surface area contributed by atoms with E-state index in [0.717, 1.165) is 0 Å². The van der Waals surface area contributed by atoms with Crippen LogP contribution in [0.4, 0.5) is 0 Å². The Morgan fingerprint density at radius 1 is 1.32 bits per heavy atom. The zero-order valence-corrected chi connectivity index (χ0v) is 11.5. The zero-order valence-electron chi connectivity index (χ0n) is 10.7. The van der Waals surface area contributed by atoms with Gasteiger partial charge in [0.2, 0.25) is 0 Å². The van der Waals surface area contributed by atoms with Gasteiger partial charge in [-0.1, -0.05) is 25.4 Å². The minimum Gasteiger partial charge on any atom is -0.506 e. The summed E-state index contributed by atoms with van der Waals surface area (Å²) < 4.78 is 0. The van der Waals surface area contributed by atoms with Crippen LogP contribution in [0.2, 0.25) is 5.02 Å². The molecule has 0 unspecified atom stereocenters. The lowest BCUT2D eigenvalue weighted by Crippen LogP contribution is -2.53. The number of hydrogen-bond acceptors (Lipinski definition) is 3. The van der Waals surface area contributed by atoms with E-state index in [9.17, 15) is 19.8 Å². The van der Waals surface area contributed by atoms with Gasteiger partial charge in [0.25, 0.3) is 5.91 Å². The Hall–Kier alpha value is -1.75. The Morgan fingerprint density at radius 2 is 1.89 bits per heavy atom. The van der Waals surface area contributed by atoms with Crippen molar-refractivity contribution in [1.82, 2.24) is 5.32 Å². The van der Waals surface area contributed by atoms with Gasteiger partial charge in [0.1, 0.15) is 11.3 Å². The highest BCUT2D eigenvalue weighted by atomic mass is 35.5. The lowest BCUT2D eigenvalue weighted by molar-refractivity contribution is -0.144. The van der Waals surface area contributed by atoms with Crippen molar-refractivity contribution in [2.75, 3.05) is 0 Å². The number of amides is 1. The van der Waals surface area contributed by atoms with E-state index in [1.165, 1.54) is 18.2 Å². The third-order valence-electron chi connectivity index (χ3n) is 3.18. The van der Waals surface area contributed by atoms with Crippen LogP contribution >= 0.6 is 11.6 Å². The summed E-state index contributed by atoms with van der Waals surface area (Å²) in [5.74, 6) is -1.74. The summed E-state index contributed by atoms with van der Waals surface area (Å²) in [6, 6.07) is 3.97. The van der Waals surface area contributed by atoms with Crippen molar-refractivity contribution in [2.45, 2.75) is 32.2 Å². The zero-order chi connectivity index (χ0) is 14.6. The van der Waals surface area contributed by atoms with Crippen LogP contribution in [-0.2, 0) is 4.79 Å². The SMILES string of the molecule is CCC(CC)(NC(=O)c1ccc(O)c(Cl)c1)C(=O)O. The maximum atomic E-state index is 12.0. The molecule has 1 aromatic carbocycles. The van der Waals surface area contributed by atoms with Crippen molar-refractivity contribution in [3.05, 3.63) is 28.8 Å². The van der Waals surface area contributed by atoms with Gasteiger partial charge in [-0.25, -0.2) is 4.79 Å². The molecule has 0 heterocycles. The van der Waals surface area contributed by atoms with Crippen LogP contribution < -0.4 is 5.32 Å². The second-order valence-corrected chi connectivity index (χ2v) is 4.62. The quantitative estimate of drug-likeness (QED) is 0.775. The van der Waals surface area contributed by atoms with Crippen molar-refractivity contribution in [1.29, 1.82) is 0 Å². The molecular formula is C13H16ClNO4. The number of hydrogen-bond donors (Lipinski definition) is 3. The van der Waals surface area contributed by atoms with Gasteiger partial charge in [0, 0.05) is 5.56 Å². The van der Waals surface area contributed by atoms with Crippen molar-refractivity contribution < 1.29 is 19.8 Å². The van der Waals surface area contributed by atoms with E-state index >= 15 is 0 Å². The summed E-state index contributed by atoms with van der Waals surface area (Å²) in [6.07, 6.45) is 0.548. The Kier molecular flexibility index (Phi) is 4.78. The lowest BCUT2D eigenvalue weighted by atomic mass is 9.92. The first-order valence-electron chi connectivity index (χ1n) is 5.90. The molecule has 1 rings (SSSR count). The van der Waals surface area contributed by atoms with E-state index in [2.05, 4.69) is 5.32 Å². The van der Waals surface area contributed by atoms with Gasteiger partial charge in [-0.3, -0.25) is 4.79 Å². The van der Waals surface area contributed by atoms with E-state index in [1.54, 1.807) is 13.8 Å². The third-order valence-corrected chi connectivity index (χ3v) is 3.48. The number of nitrogens with one attached hydrogen (secondary N) is 1. The highest BCUT2D eigenvalue weighted by Gasteiger charge is 2.36. The summed E-state index contributed by atoms with van der Waals surface area (Å²) in [4.78, 5) is 23.3. The molecule has 0 radical (unpaired) electrons. The molecule has 0 bridgehead atoms. The van der Waals surface area contributed by atoms with E-state index < -0.39 is 17.4 Å². The van der Waals surface area contributed by atoms with Crippen LogP contribution in [0.15, 0.2) is 18.2 Å². The predicted molar refractivity (Wildman–Crippen MR) is 71.5 cm³/mol. The molecule has 0 aliphatic heterocycles. The fraction of sp³-hybridized carbons (Fsp3) is 0.385. The first-order valence-corrected chi connectivity index (χ1v) is 6.28. The smallest absolute Gasteiger partial charge is 0.329 e. The second kappa shape index (κ2) is 5.93. The molecule has 0 saturated heterocycles. The van der Waals surface area contributed by atoms with Crippen molar-refractivity contribution in [2.24, 2.45) is 0 Å². The first-order chi connectivity index (χ1) is 8.86. The van der Waals surface area contributed by atoms with Gasteiger partial charge in [0.05, 0.1) is 5.02 Å². The summed E-state index contributed by atoms with van der Waals surface area (Å²) in [6.45, 7) is 3.39. The van der Waals surface area contributed by atoms with E-state index in [0.29, 0.717) is 0 Å². The number of carboxylic acids is 1. The molecular weight excluding hydrogens is 270 g/mol. The number of phenolic OH excluding ortho intramolecular Hbond substituents is 1. The van der Waals surface area contributed by atoms with Crippen LogP contribution in [0.5, 0.6) is 5.75 Å². The molecule has 19 heavy (non-hydrogen) atoms. The van der Waals surface area contributed by atoms with Gasteiger partial charge in [-0.15, -0.1) is 0 Å². The molecule has 5 nitrogen and oxygen atoms in total. The highest BCUT2D eigenvalue weighted by molar-refractivity contribution is 6.32. The summed E-state index contributed by atoms with van der Waals surface area (Å²) >= 11 is 5.71. The van der Waals surface area contributed by atoms with Crippen LogP contribution in [0, 0.1) is 0 Å². The van der Waals surface area contributed by atoms with E-state index in [-0.39, 0.29) is 29.2 Å². The predicted octanol–water partition coefficient (Wildman–Crippen LogP) is 2.42. The minimum absolute atomic E-state index is 0.0431. The van der Waals surface area contributed by atoms with Gasteiger partial charge >= 0.3 is 5.97 Å². The Bertz CT molecular complexity index is 497. The number of aromatic hydroxyl groups is 1. The third kappa shape index (κ3) is 3.17. The molecule has 3 N–H and O–H groups in total. The normalized spacial score (nSPS) is 11.1. The molecule has 1 amide bonds. The summed E-state index contributed by atoms with van der Waals surface area (Å²) in [5, 5.41) is 21.1. The summed E-state index contributed by atoms with van der Waals surface area (Å²) in [7, 11) is 0. The molecule has 0 spiro atoms. The molecule has 0 aromatic heterocycles. The fourth-order valence-electron chi connectivity index (χ4n) is 1.72. The Balaban J connectivity index is 3.00. The van der Waals surface area contributed by atoms with Crippen molar-refractivity contribution >= 4 is 23.5 Å². The monoisotopic (exact) mass is 285 g/mol. The fourth-order valence-corrected chi connectivity index (χ4v) is 1.90. The average Bonchev–Trinajstić information content (AvgIpc) is 2.38. The van der Waals surface area contributed by atoms with Gasteiger partial charge in [-0.2, -0.15) is 0 Å². The minimum atomic E-state index is -1.29.